The standard InChI is InChI=1S/C17H17ClN4O/c18-12-5-3-4-11(8-12)9-15-21-16(14(10-19)17(23)22-15)20-13-6-1-2-7-13/h3-5,8,13H,1-2,6-7,9H2,(H2,20,21,22,23). The molecule has 1 saturated carbocycles. The highest BCUT2D eigenvalue weighted by Crippen LogP contribution is 2.22. The molecule has 2 N–H and O–H groups in total. The summed E-state index contributed by atoms with van der Waals surface area (Å²) in [5, 5.41) is 13.1. The molecule has 0 spiro atoms. The van der Waals surface area contributed by atoms with Gasteiger partial charge in [-0.15, -0.1) is 0 Å². The minimum absolute atomic E-state index is 0.0479. The molecular formula is C17H17ClN4O. The van der Waals surface area contributed by atoms with Crippen LogP contribution in [0.3, 0.4) is 0 Å². The molecule has 2 aromatic rings. The largest absolute Gasteiger partial charge is 0.366 e. The molecule has 0 amide bonds. The van der Waals surface area contributed by atoms with E-state index in [-0.39, 0.29) is 11.6 Å². The summed E-state index contributed by atoms with van der Waals surface area (Å²) in [6, 6.07) is 9.65. The maximum Gasteiger partial charge on any atom is 0.271 e. The van der Waals surface area contributed by atoms with Crippen molar-refractivity contribution in [1.82, 2.24) is 9.97 Å². The number of benzene rings is 1. The Hall–Kier alpha value is -2.32. The Morgan fingerprint density at radius 2 is 2.17 bits per heavy atom. The molecule has 0 radical (unpaired) electrons. The summed E-state index contributed by atoms with van der Waals surface area (Å²) >= 11 is 5.99. The molecule has 1 fully saturated rings. The van der Waals surface area contributed by atoms with Crippen LogP contribution in [0.2, 0.25) is 5.02 Å². The van der Waals surface area contributed by atoms with Crippen LogP contribution in [0.15, 0.2) is 29.1 Å². The van der Waals surface area contributed by atoms with Crippen LogP contribution in [0.25, 0.3) is 0 Å². The van der Waals surface area contributed by atoms with Crippen LogP contribution in [0.4, 0.5) is 5.82 Å². The average Bonchev–Trinajstić information content (AvgIpc) is 3.00. The molecular weight excluding hydrogens is 312 g/mol. The van der Waals surface area contributed by atoms with E-state index in [9.17, 15) is 10.1 Å². The summed E-state index contributed by atoms with van der Waals surface area (Å²) in [6.07, 6.45) is 4.88. The first-order valence-corrected chi connectivity index (χ1v) is 8.08. The SMILES string of the molecule is N#Cc1c(NC2CCCC2)nc(Cc2cccc(Cl)c2)[nH]c1=O. The smallest absolute Gasteiger partial charge is 0.271 e. The fourth-order valence-corrected chi connectivity index (χ4v) is 3.13. The molecule has 1 aliphatic carbocycles. The number of halogens is 1. The summed E-state index contributed by atoms with van der Waals surface area (Å²) in [4.78, 5) is 19.3. The van der Waals surface area contributed by atoms with Crippen LogP contribution in [-0.4, -0.2) is 16.0 Å². The van der Waals surface area contributed by atoms with Crippen molar-refractivity contribution in [2.75, 3.05) is 5.32 Å². The van der Waals surface area contributed by atoms with Gasteiger partial charge in [-0.1, -0.05) is 36.6 Å². The van der Waals surface area contributed by atoms with Gasteiger partial charge in [-0.05, 0) is 30.5 Å². The maximum atomic E-state index is 12.1. The first-order chi connectivity index (χ1) is 11.2. The number of nitrogens with one attached hydrogen (secondary N) is 2. The van der Waals surface area contributed by atoms with Gasteiger partial charge in [-0.2, -0.15) is 5.26 Å². The van der Waals surface area contributed by atoms with Crippen LogP contribution in [-0.2, 0) is 6.42 Å². The zero-order valence-corrected chi connectivity index (χ0v) is 13.4. The number of hydrogen-bond acceptors (Lipinski definition) is 4. The predicted octanol–water partition coefficient (Wildman–Crippen LogP) is 3.24. The highest BCUT2D eigenvalue weighted by Gasteiger charge is 2.19. The first-order valence-electron chi connectivity index (χ1n) is 7.70. The number of H-pyrrole nitrogens is 1. The summed E-state index contributed by atoms with van der Waals surface area (Å²) in [6.45, 7) is 0. The van der Waals surface area contributed by atoms with Gasteiger partial charge in [-0.3, -0.25) is 4.79 Å². The second-order valence-corrected chi connectivity index (χ2v) is 6.22. The van der Waals surface area contributed by atoms with Crippen LogP contribution < -0.4 is 10.9 Å². The molecule has 1 aliphatic rings. The Balaban J connectivity index is 1.90. The fraction of sp³-hybridized carbons (Fsp3) is 0.353. The van der Waals surface area contributed by atoms with E-state index in [2.05, 4.69) is 15.3 Å². The van der Waals surface area contributed by atoms with E-state index in [1.54, 1.807) is 6.07 Å². The zero-order valence-electron chi connectivity index (χ0n) is 12.6. The third-order valence-electron chi connectivity index (χ3n) is 4.04. The van der Waals surface area contributed by atoms with Crippen LogP contribution in [0, 0.1) is 11.3 Å². The minimum Gasteiger partial charge on any atom is -0.366 e. The number of hydrogen-bond donors (Lipinski definition) is 2. The van der Waals surface area contributed by atoms with Gasteiger partial charge >= 0.3 is 0 Å². The van der Waals surface area contributed by atoms with E-state index in [1.165, 1.54) is 0 Å². The van der Waals surface area contributed by atoms with Crippen molar-refractivity contribution < 1.29 is 0 Å². The monoisotopic (exact) mass is 328 g/mol. The lowest BCUT2D eigenvalue weighted by Crippen LogP contribution is -2.23. The highest BCUT2D eigenvalue weighted by molar-refractivity contribution is 6.30. The molecule has 1 aromatic heterocycles. The van der Waals surface area contributed by atoms with Crippen molar-refractivity contribution in [2.24, 2.45) is 0 Å². The van der Waals surface area contributed by atoms with Gasteiger partial charge < -0.3 is 10.3 Å². The number of aromatic amines is 1. The Kier molecular flexibility index (Phi) is 4.63. The van der Waals surface area contributed by atoms with Crippen molar-refractivity contribution in [1.29, 1.82) is 5.26 Å². The van der Waals surface area contributed by atoms with Gasteiger partial charge in [0.25, 0.3) is 5.56 Å². The van der Waals surface area contributed by atoms with Crippen LogP contribution >= 0.6 is 11.6 Å². The molecule has 0 unspecified atom stereocenters. The Morgan fingerprint density at radius 3 is 2.87 bits per heavy atom. The topological polar surface area (TPSA) is 81.6 Å². The third kappa shape index (κ3) is 3.72. The maximum absolute atomic E-state index is 12.1. The van der Waals surface area contributed by atoms with E-state index in [0.29, 0.717) is 23.1 Å². The second kappa shape index (κ2) is 6.84. The molecule has 1 aromatic carbocycles. The van der Waals surface area contributed by atoms with Crippen molar-refractivity contribution in [3.8, 4) is 6.07 Å². The fourth-order valence-electron chi connectivity index (χ4n) is 2.92. The third-order valence-corrected chi connectivity index (χ3v) is 4.27. The molecule has 0 aliphatic heterocycles. The minimum atomic E-state index is -0.403. The van der Waals surface area contributed by atoms with Crippen LogP contribution in [0.5, 0.6) is 0 Å². The lowest BCUT2D eigenvalue weighted by Gasteiger charge is -2.14. The predicted molar refractivity (Wildman–Crippen MR) is 89.7 cm³/mol. The van der Waals surface area contributed by atoms with E-state index >= 15 is 0 Å². The summed E-state index contributed by atoms with van der Waals surface area (Å²) < 4.78 is 0. The molecule has 6 heteroatoms. The quantitative estimate of drug-likeness (QED) is 0.902. The molecule has 3 rings (SSSR count). The molecule has 1 heterocycles. The molecule has 118 valence electrons. The first kappa shape index (κ1) is 15.6. The second-order valence-electron chi connectivity index (χ2n) is 5.78. The van der Waals surface area contributed by atoms with Gasteiger partial charge in [0.05, 0.1) is 0 Å². The number of nitriles is 1. The van der Waals surface area contributed by atoms with Crippen molar-refractivity contribution in [3.05, 3.63) is 56.6 Å². The summed E-state index contributed by atoms with van der Waals surface area (Å²) in [7, 11) is 0. The van der Waals surface area contributed by atoms with Gasteiger partial charge in [0.2, 0.25) is 0 Å². The average molecular weight is 329 g/mol. The summed E-state index contributed by atoms with van der Waals surface area (Å²) in [5.74, 6) is 0.914. The van der Waals surface area contributed by atoms with Gasteiger partial charge in [0.15, 0.2) is 11.4 Å². The molecule has 0 bridgehead atoms. The van der Waals surface area contributed by atoms with Gasteiger partial charge in [-0.25, -0.2) is 4.98 Å². The number of rotatable bonds is 4. The lowest BCUT2D eigenvalue weighted by atomic mass is 10.1. The van der Waals surface area contributed by atoms with Gasteiger partial charge in [0, 0.05) is 17.5 Å². The van der Waals surface area contributed by atoms with E-state index in [4.69, 9.17) is 11.6 Å². The van der Waals surface area contributed by atoms with Crippen LogP contribution in [0.1, 0.15) is 42.6 Å². The number of anilines is 1. The number of aromatic nitrogens is 2. The molecule has 0 atom stereocenters. The van der Waals surface area contributed by atoms with E-state index in [0.717, 1.165) is 31.2 Å². The molecule has 5 nitrogen and oxygen atoms in total. The molecule has 23 heavy (non-hydrogen) atoms. The van der Waals surface area contributed by atoms with Crippen molar-refractivity contribution in [3.63, 3.8) is 0 Å². The lowest BCUT2D eigenvalue weighted by molar-refractivity contribution is 0.745. The summed E-state index contributed by atoms with van der Waals surface area (Å²) in [5.41, 5.74) is 0.601. The normalized spacial score (nSPS) is 14.6. The highest BCUT2D eigenvalue weighted by atomic mass is 35.5. The molecule has 0 saturated heterocycles. The van der Waals surface area contributed by atoms with E-state index in [1.807, 2.05) is 24.3 Å². The van der Waals surface area contributed by atoms with Gasteiger partial charge in [0.1, 0.15) is 11.9 Å². The number of nitrogens with zero attached hydrogens (tertiary/aromatic N) is 2. The zero-order chi connectivity index (χ0) is 16.2. The Bertz CT molecular complexity index is 803. The Labute approximate surface area is 139 Å². The van der Waals surface area contributed by atoms with E-state index < -0.39 is 5.56 Å². The van der Waals surface area contributed by atoms with Crippen molar-refractivity contribution in [2.45, 2.75) is 38.1 Å². The van der Waals surface area contributed by atoms with Crippen molar-refractivity contribution >= 4 is 17.4 Å². The Morgan fingerprint density at radius 1 is 1.39 bits per heavy atom.